The van der Waals surface area contributed by atoms with Crippen molar-refractivity contribution >= 4 is 11.8 Å². The van der Waals surface area contributed by atoms with Crippen LogP contribution in [-0.4, -0.2) is 24.6 Å². The molecule has 0 heterocycles. The van der Waals surface area contributed by atoms with Crippen molar-refractivity contribution in [1.82, 2.24) is 0 Å². The summed E-state index contributed by atoms with van der Waals surface area (Å²) in [4.78, 5) is 0. The third kappa shape index (κ3) is 9.58. The van der Waals surface area contributed by atoms with Crippen LogP contribution < -0.4 is 4.74 Å². The van der Waals surface area contributed by atoms with E-state index in [4.69, 9.17) is 9.47 Å². The Morgan fingerprint density at radius 2 is 1.79 bits per heavy atom. The molecule has 0 aromatic heterocycles. The predicted molar refractivity (Wildman–Crippen MR) is 107 cm³/mol. The van der Waals surface area contributed by atoms with Gasteiger partial charge in [0.2, 0.25) is 0 Å². The molecule has 1 unspecified atom stereocenters. The van der Waals surface area contributed by atoms with Gasteiger partial charge in [-0.1, -0.05) is 38.8 Å². The molecule has 0 radical (unpaired) electrons. The summed E-state index contributed by atoms with van der Waals surface area (Å²) in [6, 6.07) is 8.55. The van der Waals surface area contributed by atoms with Crippen molar-refractivity contribution in [2.45, 2.75) is 71.7 Å². The molecule has 138 valence electrons. The Bertz CT molecular complexity index is 428. The molecule has 0 bridgehead atoms. The van der Waals surface area contributed by atoms with Crippen molar-refractivity contribution in [3.8, 4) is 5.75 Å². The van der Waals surface area contributed by atoms with E-state index in [2.05, 4.69) is 58.9 Å². The molecule has 3 heteroatoms. The van der Waals surface area contributed by atoms with Gasteiger partial charge in [-0.2, -0.15) is 11.8 Å². The molecule has 1 rings (SSSR count). The highest BCUT2D eigenvalue weighted by atomic mass is 32.2. The summed E-state index contributed by atoms with van der Waals surface area (Å²) in [6.45, 7) is 12.6. The van der Waals surface area contributed by atoms with Gasteiger partial charge in [-0.25, -0.2) is 0 Å². The van der Waals surface area contributed by atoms with Crippen LogP contribution in [0.1, 0.15) is 65.9 Å². The number of rotatable bonds is 13. The zero-order chi connectivity index (χ0) is 17.8. The van der Waals surface area contributed by atoms with Gasteiger partial charge < -0.3 is 9.47 Å². The zero-order valence-electron chi connectivity index (χ0n) is 16.3. The van der Waals surface area contributed by atoms with Gasteiger partial charge in [-0.15, -0.1) is 0 Å². The minimum atomic E-state index is 0.0166. The van der Waals surface area contributed by atoms with Crippen LogP contribution >= 0.6 is 11.8 Å². The van der Waals surface area contributed by atoms with Crippen LogP contribution in [0.5, 0.6) is 5.75 Å². The highest BCUT2D eigenvalue weighted by Crippen LogP contribution is 2.22. The Labute approximate surface area is 153 Å². The first-order chi connectivity index (χ1) is 11.5. The summed E-state index contributed by atoms with van der Waals surface area (Å²) >= 11 is 1.95. The SMILES string of the molecule is CCOC(C)(C)CCCC(C)CCOc1ccc(CSCC)cc1. The third-order valence-electron chi connectivity index (χ3n) is 4.29. The van der Waals surface area contributed by atoms with E-state index in [1.807, 2.05) is 11.8 Å². The quantitative estimate of drug-likeness (QED) is 0.413. The Morgan fingerprint density at radius 1 is 1.08 bits per heavy atom. The van der Waals surface area contributed by atoms with Gasteiger partial charge in [0.25, 0.3) is 0 Å². The fourth-order valence-electron chi connectivity index (χ4n) is 2.76. The Balaban J connectivity index is 2.17. The largest absolute Gasteiger partial charge is 0.494 e. The van der Waals surface area contributed by atoms with Gasteiger partial charge in [0.05, 0.1) is 12.2 Å². The molecule has 1 aromatic rings. The molecule has 1 aromatic carbocycles. The van der Waals surface area contributed by atoms with Gasteiger partial charge in [-0.3, -0.25) is 0 Å². The van der Waals surface area contributed by atoms with Crippen molar-refractivity contribution in [2.75, 3.05) is 19.0 Å². The second-order valence-electron chi connectivity index (χ2n) is 7.11. The number of hydrogen-bond donors (Lipinski definition) is 0. The third-order valence-corrected chi connectivity index (χ3v) is 5.23. The van der Waals surface area contributed by atoms with Crippen LogP contribution in [0.2, 0.25) is 0 Å². The predicted octanol–water partition coefficient (Wildman–Crippen LogP) is 6.33. The monoisotopic (exact) mass is 352 g/mol. The maximum absolute atomic E-state index is 5.89. The average Bonchev–Trinajstić information content (AvgIpc) is 2.54. The fourth-order valence-corrected chi connectivity index (χ4v) is 3.40. The molecule has 0 N–H and O–H groups in total. The van der Waals surface area contributed by atoms with E-state index >= 15 is 0 Å². The van der Waals surface area contributed by atoms with Crippen molar-refractivity contribution in [3.63, 3.8) is 0 Å². The standard InChI is InChI=1S/C21H36O2S/c1-6-23-21(4,5)15-8-9-18(3)14-16-22-20-12-10-19(11-13-20)17-24-7-2/h10-13,18H,6-9,14-17H2,1-5H3. The Hall–Kier alpha value is -0.670. The second kappa shape index (κ2) is 11.8. The molecule has 0 aliphatic heterocycles. The van der Waals surface area contributed by atoms with E-state index in [1.165, 1.54) is 18.4 Å². The molecule has 0 fully saturated rings. The topological polar surface area (TPSA) is 18.5 Å². The molecule has 0 amide bonds. The van der Waals surface area contributed by atoms with Crippen LogP contribution in [0.4, 0.5) is 0 Å². The first-order valence-electron chi connectivity index (χ1n) is 9.40. The first-order valence-corrected chi connectivity index (χ1v) is 10.6. The summed E-state index contributed by atoms with van der Waals surface area (Å²) in [5.74, 6) is 3.94. The fraction of sp³-hybridized carbons (Fsp3) is 0.714. The van der Waals surface area contributed by atoms with E-state index in [1.54, 1.807) is 0 Å². The summed E-state index contributed by atoms with van der Waals surface area (Å²) in [7, 11) is 0. The first kappa shape index (κ1) is 21.4. The van der Waals surface area contributed by atoms with Crippen LogP contribution in [0.15, 0.2) is 24.3 Å². The minimum absolute atomic E-state index is 0.0166. The van der Waals surface area contributed by atoms with E-state index in [9.17, 15) is 0 Å². The number of ether oxygens (including phenoxy) is 2. The van der Waals surface area contributed by atoms with Crippen molar-refractivity contribution in [2.24, 2.45) is 5.92 Å². The van der Waals surface area contributed by atoms with E-state index < -0.39 is 0 Å². The molecular formula is C21H36O2S. The Kier molecular flexibility index (Phi) is 10.5. The highest BCUT2D eigenvalue weighted by molar-refractivity contribution is 7.98. The molecule has 1 atom stereocenters. The summed E-state index contributed by atoms with van der Waals surface area (Å²) < 4.78 is 11.6. The zero-order valence-corrected chi connectivity index (χ0v) is 17.1. The summed E-state index contributed by atoms with van der Waals surface area (Å²) in [5, 5.41) is 0. The molecule has 0 spiro atoms. The van der Waals surface area contributed by atoms with Crippen LogP contribution in [0.3, 0.4) is 0 Å². The Morgan fingerprint density at radius 3 is 2.42 bits per heavy atom. The van der Waals surface area contributed by atoms with Crippen LogP contribution in [0.25, 0.3) is 0 Å². The molecule has 0 aliphatic carbocycles. The highest BCUT2D eigenvalue weighted by Gasteiger charge is 2.17. The van der Waals surface area contributed by atoms with Crippen molar-refractivity contribution < 1.29 is 9.47 Å². The number of hydrogen-bond acceptors (Lipinski definition) is 3. The van der Waals surface area contributed by atoms with Gasteiger partial charge in [0.15, 0.2) is 0 Å². The molecule has 0 saturated heterocycles. The lowest BCUT2D eigenvalue weighted by molar-refractivity contribution is -0.0183. The maximum atomic E-state index is 5.89. The van der Waals surface area contributed by atoms with Gasteiger partial charge in [0.1, 0.15) is 5.75 Å². The lowest BCUT2D eigenvalue weighted by Gasteiger charge is -2.25. The lowest BCUT2D eigenvalue weighted by Crippen LogP contribution is -2.24. The van der Waals surface area contributed by atoms with Gasteiger partial charge >= 0.3 is 0 Å². The smallest absolute Gasteiger partial charge is 0.119 e. The maximum Gasteiger partial charge on any atom is 0.119 e. The normalized spacial score (nSPS) is 13.0. The molecule has 2 nitrogen and oxygen atoms in total. The van der Waals surface area contributed by atoms with E-state index in [0.29, 0.717) is 5.92 Å². The molecular weight excluding hydrogens is 316 g/mol. The molecule has 0 saturated carbocycles. The van der Waals surface area contributed by atoms with Gasteiger partial charge in [0, 0.05) is 12.4 Å². The minimum Gasteiger partial charge on any atom is -0.494 e. The number of benzene rings is 1. The van der Waals surface area contributed by atoms with Crippen LogP contribution in [0, 0.1) is 5.92 Å². The van der Waals surface area contributed by atoms with E-state index in [0.717, 1.165) is 43.3 Å². The van der Waals surface area contributed by atoms with E-state index in [-0.39, 0.29) is 5.60 Å². The number of thioether (sulfide) groups is 1. The lowest BCUT2D eigenvalue weighted by atomic mass is 9.95. The summed E-state index contributed by atoms with van der Waals surface area (Å²) in [5.41, 5.74) is 1.39. The van der Waals surface area contributed by atoms with Crippen molar-refractivity contribution in [1.29, 1.82) is 0 Å². The van der Waals surface area contributed by atoms with Gasteiger partial charge in [-0.05, 0) is 63.0 Å². The van der Waals surface area contributed by atoms with Crippen molar-refractivity contribution in [3.05, 3.63) is 29.8 Å². The molecule has 0 aliphatic rings. The van der Waals surface area contributed by atoms with Crippen LogP contribution in [-0.2, 0) is 10.5 Å². The molecule has 24 heavy (non-hydrogen) atoms. The summed E-state index contributed by atoms with van der Waals surface area (Å²) in [6.07, 6.45) is 4.71. The average molecular weight is 353 g/mol. The second-order valence-corrected chi connectivity index (χ2v) is 8.38.